The minimum Gasteiger partial charge on any atom is -0.502 e. The van der Waals surface area contributed by atoms with Crippen molar-refractivity contribution in [3.8, 4) is 23.3 Å². The van der Waals surface area contributed by atoms with Crippen LogP contribution in [0.1, 0.15) is 16.2 Å². The summed E-state index contributed by atoms with van der Waals surface area (Å²) in [5, 5.41) is 37.4. The van der Waals surface area contributed by atoms with Crippen molar-refractivity contribution >= 4 is 5.91 Å². The van der Waals surface area contributed by atoms with E-state index in [-0.39, 0.29) is 5.76 Å². The van der Waals surface area contributed by atoms with E-state index < -0.39 is 41.5 Å². The lowest BCUT2D eigenvalue weighted by Crippen LogP contribution is -2.11. The number of carbonyl (C=O) groups excluding carboxylic acids is 1. The molecule has 0 atom stereocenters. The van der Waals surface area contributed by atoms with Gasteiger partial charge in [0.25, 0.3) is 11.8 Å². The molecule has 2 rings (SSSR count). The maximum Gasteiger partial charge on any atom is 0.272 e. The van der Waals surface area contributed by atoms with Crippen LogP contribution in [0.25, 0.3) is 5.88 Å². The summed E-state index contributed by atoms with van der Waals surface area (Å²) < 4.78 is 5.72. The Bertz CT molecular complexity index is 614. The first-order chi connectivity index (χ1) is 8.47. The summed E-state index contributed by atoms with van der Waals surface area (Å²) >= 11 is 0. The molecule has 18 heavy (non-hydrogen) atoms. The molecule has 0 saturated carbocycles. The van der Waals surface area contributed by atoms with Gasteiger partial charge in [0, 0.05) is 0 Å². The second-order valence-corrected chi connectivity index (χ2v) is 3.34. The van der Waals surface area contributed by atoms with Gasteiger partial charge in [0.2, 0.25) is 17.4 Å². The molecule has 9 nitrogen and oxygen atoms in total. The van der Waals surface area contributed by atoms with Gasteiger partial charge in [-0.05, 0) is 0 Å². The van der Waals surface area contributed by atoms with Gasteiger partial charge in [-0.2, -0.15) is 0 Å². The van der Waals surface area contributed by atoms with E-state index in [4.69, 9.17) is 15.3 Å². The van der Waals surface area contributed by atoms with Crippen molar-refractivity contribution < 1.29 is 29.6 Å². The van der Waals surface area contributed by atoms with Gasteiger partial charge in [0.1, 0.15) is 12.9 Å². The van der Waals surface area contributed by atoms with Crippen LogP contribution in [0.2, 0.25) is 0 Å². The lowest BCUT2D eigenvalue weighted by molar-refractivity contribution is 0.0993. The third-order valence-electron chi connectivity index (χ3n) is 2.25. The number of hydrogen-bond acceptors (Lipinski definition) is 7. The van der Waals surface area contributed by atoms with E-state index in [0.29, 0.717) is 0 Å². The van der Waals surface area contributed by atoms with Gasteiger partial charge in [-0.25, -0.2) is 9.55 Å². The quantitative estimate of drug-likeness (QED) is 0.479. The smallest absolute Gasteiger partial charge is 0.272 e. The molecule has 1 amide bonds. The molecular formula is C9H9N3O6. The first kappa shape index (κ1) is 11.8. The lowest BCUT2D eigenvalue weighted by Gasteiger charge is -1.99. The lowest BCUT2D eigenvalue weighted by atomic mass is 10.4. The molecule has 0 bridgehead atoms. The van der Waals surface area contributed by atoms with Gasteiger partial charge < -0.3 is 30.6 Å². The van der Waals surface area contributed by atoms with Crippen LogP contribution in [0.15, 0.2) is 10.7 Å². The van der Waals surface area contributed by atoms with Crippen molar-refractivity contribution in [2.45, 2.75) is 6.61 Å². The van der Waals surface area contributed by atoms with Gasteiger partial charge >= 0.3 is 0 Å². The second-order valence-electron chi connectivity index (χ2n) is 3.34. The zero-order valence-electron chi connectivity index (χ0n) is 8.86. The Morgan fingerprint density at radius 1 is 1.39 bits per heavy atom. The van der Waals surface area contributed by atoms with Crippen molar-refractivity contribution in [1.82, 2.24) is 9.55 Å². The fraction of sp³-hybridized carbons (Fsp3) is 0.111. The third kappa shape index (κ3) is 1.53. The molecule has 96 valence electrons. The number of nitrogens with two attached hydrogens (primary N) is 1. The van der Waals surface area contributed by atoms with Gasteiger partial charge in [-0.3, -0.25) is 4.79 Å². The number of aromatic hydroxyl groups is 3. The number of rotatable bonds is 3. The van der Waals surface area contributed by atoms with E-state index in [1.54, 1.807) is 0 Å². The minimum absolute atomic E-state index is 0.295. The first-order valence-corrected chi connectivity index (χ1v) is 4.68. The average Bonchev–Trinajstić information content (AvgIpc) is 2.82. The van der Waals surface area contributed by atoms with Gasteiger partial charge in [0.15, 0.2) is 11.5 Å². The Labute approximate surface area is 99.3 Å². The maximum atomic E-state index is 10.9. The Balaban J connectivity index is 2.59. The van der Waals surface area contributed by atoms with Crippen molar-refractivity contribution in [3.63, 3.8) is 0 Å². The molecule has 9 heteroatoms. The number of aliphatic hydroxyl groups excluding tert-OH is 1. The summed E-state index contributed by atoms with van der Waals surface area (Å²) in [4.78, 5) is 14.4. The molecule has 0 aliphatic heterocycles. The molecule has 0 spiro atoms. The van der Waals surface area contributed by atoms with Crippen LogP contribution in [0, 0.1) is 0 Å². The Morgan fingerprint density at radius 3 is 2.50 bits per heavy atom. The molecule has 2 heterocycles. The predicted molar refractivity (Wildman–Crippen MR) is 55.3 cm³/mol. The first-order valence-electron chi connectivity index (χ1n) is 4.68. The number of nitrogens with zero attached hydrogens (tertiary/aromatic N) is 2. The van der Waals surface area contributed by atoms with Gasteiger partial charge in [0.05, 0.1) is 0 Å². The largest absolute Gasteiger partial charge is 0.502 e. The molecule has 6 N–H and O–H groups in total. The average molecular weight is 255 g/mol. The fourth-order valence-corrected chi connectivity index (χ4v) is 1.38. The van der Waals surface area contributed by atoms with E-state index in [1.807, 2.05) is 0 Å². The highest BCUT2D eigenvalue weighted by molar-refractivity contribution is 5.93. The number of aromatic nitrogens is 2. The van der Waals surface area contributed by atoms with Crippen LogP contribution in [0.4, 0.5) is 0 Å². The SMILES string of the molecule is NC(=O)c1ncn(-c2oc(CO)c(O)c2O)c1O. The Morgan fingerprint density at radius 2 is 2.06 bits per heavy atom. The van der Waals surface area contributed by atoms with E-state index in [1.165, 1.54) is 0 Å². The number of hydrogen-bond donors (Lipinski definition) is 5. The standard InChI is InChI=1S/C9H9N3O6/c10-7(16)4-8(17)12(2-11-4)9-6(15)5(14)3(1-13)18-9/h2,13-15,17H,1H2,(H2,10,16). The number of carbonyl (C=O) groups is 1. The summed E-state index contributed by atoms with van der Waals surface area (Å²) in [6.07, 6.45) is 0.967. The van der Waals surface area contributed by atoms with E-state index in [2.05, 4.69) is 4.98 Å². The topological polar surface area (TPSA) is 155 Å². The normalized spacial score (nSPS) is 10.7. The van der Waals surface area contributed by atoms with Crippen molar-refractivity contribution in [1.29, 1.82) is 0 Å². The molecule has 0 fully saturated rings. The summed E-state index contributed by atoms with van der Waals surface area (Å²) in [7, 11) is 0. The highest BCUT2D eigenvalue weighted by Crippen LogP contribution is 2.39. The Kier molecular flexibility index (Phi) is 2.60. The van der Waals surface area contributed by atoms with Crippen LogP contribution >= 0.6 is 0 Å². The third-order valence-corrected chi connectivity index (χ3v) is 2.25. The number of aliphatic hydroxyl groups is 1. The molecule has 0 aromatic carbocycles. The number of furan rings is 1. The van der Waals surface area contributed by atoms with E-state index in [9.17, 15) is 20.1 Å². The molecule has 2 aromatic heterocycles. The summed E-state index contributed by atoms with van der Waals surface area (Å²) in [5.74, 6) is -3.69. The van der Waals surface area contributed by atoms with Crippen LogP contribution in [0.3, 0.4) is 0 Å². The molecule has 2 aromatic rings. The maximum absolute atomic E-state index is 10.9. The highest BCUT2D eigenvalue weighted by Gasteiger charge is 2.24. The Hall–Kier alpha value is -2.68. The molecule has 0 saturated heterocycles. The van der Waals surface area contributed by atoms with Crippen molar-refractivity contribution in [3.05, 3.63) is 17.8 Å². The molecule has 0 radical (unpaired) electrons. The minimum atomic E-state index is -0.969. The second kappa shape index (κ2) is 3.96. The number of primary amides is 1. The monoisotopic (exact) mass is 255 g/mol. The van der Waals surface area contributed by atoms with Crippen LogP contribution in [-0.2, 0) is 6.61 Å². The molecule has 0 unspecified atom stereocenters. The van der Waals surface area contributed by atoms with E-state index >= 15 is 0 Å². The van der Waals surface area contributed by atoms with Gasteiger partial charge in [-0.15, -0.1) is 0 Å². The zero-order valence-corrected chi connectivity index (χ0v) is 8.86. The number of amides is 1. The van der Waals surface area contributed by atoms with E-state index in [0.717, 1.165) is 10.9 Å². The predicted octanol–water partition coefficient (Wildman–Crippen LogP) is -0.827. The summed E-state index contributed by atoms with van der Waals surface area (Å²) in [6.45, 7) is -0.655. The van der Waals surface area contributed by atoms with Crippen molar-refractivity contribution in [2.75, 3.05) is 0 Å². The summed E-state index contributed by atoms with van der Waals surface area (Å²) in [5.41, 5.74) is 4.53. The number of imidazole rings is 1. The van der Waals surface area contributed by atoms with Gasteiger partial charge in [-0.1, -0.05) is 0 Å². The summed E-state index contributed by atoms with van der Waals surface area (Å²) in [6, 6.07) is 0. The zero-order chi connectivity index (χ0) is 13.4. The molecule has 0 aliphatic rings. The molecule has 0 aliphatic carbocycles. The molecular weight excluding hydrogens is 246 g/mol. The highest BCUT2D eigenvalue weighted by atomic mass is 16.4. The van der Waals surface area contributed by atoms with Crippen LogP contribution < -0.4 is 5.73 Å². The van der Waals surface area contributed by atoms with Crippen LogP contribution in [0.5, 0.6) is 17.4 Å². The fourth-order valence-electron chi connectivity index (χ4n) is 1.38. The van der Waals surface area contributed by atoms with Crippen molar-refractivity contribution in [2.24, 2.45) is 5.73 Å². The van der Waals surface area contributed by atoms with Crippen LogP contribution in [-0.4, -0.2) is 35.9 Å².